The van der Waals surface area contributed by atoms with Crippen LogP contribution in [0.4, 0.5) is 0 Å². The molecule has 4 rings (SSSR count). The molecule has 0 bridgehead atoms. The fourth-order valence-electron chi connectivity index (χ4n) is 5.56. The second-order valence-electron chi connectivity index (χ2n) is 13.5. The van der Waals surface area contributed by atoms with E-state index in [9.17, 15) is 0 Å². The van der Waals surface area contributed by atoms with E-state index in [1.807, 2.05) is 0 Å². The number of likely N-dealkylation sites (N-methyl/N-ethyl adjacent to an activating group) is 1. The zero-order chi connectivity index (χ0) is 28.7. The molecule has 6 nitrogen and oxygen atoms in total. The third kappa shape index (κ3) is 15.5. The molecular formula is C32H69N5O. The molecule has 1 atom stereocenters. The molecule has 4 aliphatic rings. The minimum Gasteiger partial charge on any atom is -0.392 e. The van der Waals surface area contributed by atoms with Crippen LogP contribution in [0.3, 0.4) is 0 Å². The number of aliphatic hydroxyl groups is 1. The number of nitrogens with zero attached hydrogens (tertiary/aromatic N) is 5. The molecule has 0 spiro atoms. The molecule has 228 valence electrons. The van der Waals surface area contributed by atoms with Gasteiger partial charge in [0.05, 0.1) is 6.10 Å². The second-order valence-corrected chi connectivity index (χ2v) is 13.5. The van der Waals surface area contributed by atoms with Crippen molar-refractivity contribution in [3.63, 3.8) is 0 Å². The van der Waals surface area contributed by atoms with Gasteiger partial charge in [0.15, 0.2) is 0 Å². The third-order valence-corrected chi connectivity index (χ3v) is 8.86. The molecule has 0 amide bonds. The normalized spacial score (nSPS) is 25.2. The average molecular weight is 540 g/mol. The first-order valence-corrected chi connectivity index (χ1v) is 16.2. The smallest absolute Gasteiger partial charge is 0.0679 e. The number of hydrogen-bond acceptors (Lipinski definition) is 6. The lowest BCUT2D eigenvalue weighted by Crippen LogP contribution is -2.47. The van der Waals surface area contributed by atoms with Crippen molar-refractivity contribution in [3.05, 3.63) is 0 Å². The van der Waals surface area contributed by atoms with Gasteiger partial charge in [0.2, 0.25) is 0 Å². The van der Waals surface area contributed by atoms with E-state index in [4.69, 9.17) is 5.11 Å². The van der Waals surface area contributed by atoms with E-state index >= 15 is 0 Å². The van der Waals surface area contributed by atoms with Crippen molar-refractivity contribution >= 4 is 0 Å². The largest absolute Gasteiger partial charge is 0.392 e. The fourth-order valence-corrected chi connectivity index (χ4v) is 5.56. The number of likely N-dealkylation sites (tertiary alicyclic amines) is 3. The van der Waals surface area contributed by atoms with Crippen molar-refractivity contribution in [1.29, 1.82) is 0 Å². The van der Waals surface area contributed by atoms with Crippen LogP contribution in [0.15, 0.2) is 0 Å². The Hall–Kier alpha value is -0.240. The van der Waals surface area contributed by atoms with Crippen LogP contribution >= 0.6 is 0 Å². The Morgan fingerprint density at radius 2 is 0.895 bits per heavy atom. The monoisotopic (exact) mass is 540 g/mol. The molecule has 0 saturated carbocycles. The summed E-state index contributed by atoms with van der Waals surface area (Å²) >= 11 is 0. The Morgan fingerprint density at radius 3 is 1.24 bits per heavy atom. The van der Waals surface area contributed by atoms with Gasteiger partial charge >= 0.3 is 0 Å². The molecule has 0 aromatic heterocycles. The maximum Gasteiger partial charge on any atom is 0.0679 e. The Morgan fingerprint density at radius 1 is 0.500 bits per heavy atom. The summed E-state index contributed by atoms with van der Waals surface area (Å²) < 4.78 is 0. The predicted octanol–water partition coefficient (Wildman–Crippen LogP) is 5.11. The fraction of sp³-hybridized carbons (Fsp3) is 1.00. The highest BCUT2D eigenvalue weighted by Gasteiger charge is 2.21. The summed E-state index contributed by atoms with van der Waals surface area (Å²) in [5.41, 5.74) is 0. The van der Waals surface area contributed by atoms with Crippen LogP contribution in [-0.4, -0.2) is 132 Å². The maximum absolute atomic E-state index is 9.11. The Labute approximate surface area is 239 Å². The summed E-state index contributed by atoms with van der Waals surface area (Å²) in [6, 6.07) is 2.86. The number of piperazine rings is 1. The maximum atomic E-state index is 9.11. The van der Waals surface area contributed by atoms with Gasteiger partial charge in [0.1, 0.15) is 0 Å². The van der Waals surface area contributed by atoms with Gasteiger partial charge in [0, 0.05) is 63.4 Å². The van der Waals surface area contributed by atoms with E-state index in [2.05, 4.69) is 93.9 Å². The lowest BCUT2D eigenvalue weighted by molar-refractivity contribution is 0.126. The summed E-state index contributed by atoms with van der Waals surface area (Å²) in [6.07, 6.45) is 7.97. The standard InChI is InChI=1S/C9H19N.C8H18N2.C8H17N.C7H15NO/c2*1-8(2)10-6-4-9(3)5-7-10;1-8(2)9-6-4-3-5-7-9;1-6(2)8-4-3-7(9)5-8/h8-9H,4-7H2,1-3H3;8H,4-7H2,1-3H3;8H,3-7H2,1-2H3;6-7,9H,3-5H2,1-2H3. The van der Waals surface area contributed by atoms with Gasteiger partial charge in [-0.2, -0.15) is 0 Å². The molecule has 1 N–H and O–H groups in total. The van der Waals surface area contributed by atoms with Gasteiger partial charge < -0.3 is 19.8 Å². The molecule has 0 aromatic carbocycles. The van der Waals surface area contributed by atoms with Crippen molar-refractivity contribution < 1.29 is 5.11 Å². The highest BCUT2D eigenvalue weighted by molar-refractivity contribution is 4.76. The summed E-state index contributed by atoms with van der Waals surface area (Å²) in [7, 11) is 2.19. The summed E-state index contributed by atoms with van der Waals surface area (Å²) in [5, 5.41) is 9.11. The molecule has 4 heterocycles. The molecule has 0 radical (unpaired) electrons. The Kier molecular flexibility index (Phi) is 18.6. The minimum atomic E-state index is -0.0626. The topological polar surface area (TPSA) is 36.4 Å². The van der Waals surface area contributed by atoms with Crippen molar-refractivity contribution in [3.8, 4) is 0 Å². The molecule has 38 heavy (non-hydrogen) atoms. The first-order chi connectivity index (χ1) is 17.9. The molecule has 0 aliphatic carbocycles. The summed E-state index contributed by atoms with van der Waals surface area (Å²) in [5.74, 6) is 0.968. The zero-order valence-corrected chi connectivity index (χ0v) is 27.5. The Bertz CT molecular complexity index is 513. The predicted molar refractivity (Wildman–Crippen MR) is 167 cm³/mol. The first kappa shape index (κ1) is 35.8. The number of rotatable bonds is 4. The van der Waals surface area contributed by atoms with Crippen LogP contribution in [0.5, 0.6) is 0 Å². The van der Waals surface area contributed by atoms with Gasteiger partial charge in [-0.3, -0.25) is 9.80 Å². The van der Waals surface area contributed by atoms with Crippen LogP contribution in [0.25, 0.3) is 0 Å². The van der Waals surface area contributed by atoms with Gasteiger partial charge in [-0.15, -0.1) is 0 Å². The van der Waals surface area contributed by atoms with E-state index in [1.165, 1.54) is 84.5 Å². The molecule has 0 aromatic rings. The third-order valence-electron chi connectivity index (χ3n) is 8.86. The summed E-state index contributed by atoms with van der Waals surface area (Å²) in [4.78, 5) is 12.3. The van der Waals surface area contributed by atoms with Gasteiger partial charge in [-0.25, -0.2) is 0 Å². The minimum absolute atomic E-state index is 0.0626. The van der Waals surface area contributed by atoms with Crippen LogP contribution < -0.4 is 0 Å². The van der Waals surface area contributed by atoms with Crippen LogP contribution in [0.1, 0.15) is 101 Å². The lowest BCUT2D eigenvalue weighted by Gasteiger charge is -2.34. The van der Waals surface area contributed by atoms with Crippen LogP contribution in [0.2, 0.25) is 0 Å². The highest BCUT2D eigenvalue weighted by atomic mass is 16.3. The van der Waals surface area contributed by atoms with Gasteiger partial charge in [-0.1, -0.05) is 13.3 Å². The molecule has 4 saturated heterocycles. The van der Waals surface area contributed by atoms with E-state index in [0.717, 1.165) is 43.6 Å². The van der Waals surface area contributed by atoms with Gasteiger partial charge in [0.25, 0.3) is 0 Å². The second kappa shape index (κ2) is 19.8. The van der Waals surface area contributed by atoms with Crippen molar-refractivity contribution in [2.75, 3.05) is 72.5 Å². The number of piperidine rings is 2. The van der Waals surface area contributed by atoms with Crippen molar-refractivity contribution in [2.24, 2.45) is 5.92 Å². The zero-order valence-electron chi connectivity index (χ0n) is 27.5. The van der Waals surface area contributed by atoms with Crippen molar-refractivity contribution in [1.82, 2.24) is 24.5 Å². The summed E-state index contributed by atoms with van der Waals surface area (Å²) in [6.45, 7) is 32.6. The lowest BCUT2D eigenvalue weighted by atomic mass is 9.98. The SMILES string of the molecule is CC(C)N1CCC(O)C1.CC(C)N1CCCCC1.CC(C)N1CCN(C)CC1.CC1CCN(C(C)C)CC1. The number of hydrogen-bond donors (Lipinski definition) is 1. The Balaban J connectivity index is 0.000000254. The van der Waals surface area contributed by atoms with E-state index in [-0.39, 0.29) is 6.10 Å². The van der Waals surface area contributed by atoms with Gasteiger partial charge in [-0.05, 0) is 127 Å². The highest BCUT2D eigenvalue weighted by Crippen LogP contribution is 2.17. The number of aliphatic hydroxyl groups excluding tert-OH is 1. The quantitative estimate of drug-likeness (QED) is 0.535. The van der Waals surface area contributed by atoms with Crippen molar-refractivity contribution in [2.45, 2.75) is 131 Å². The van der Waals surface area contributed by atoms with Crippen LogP contribution in [0, 0.1) is 5.92 Å². The van der Waals surface area contributed by atoms with E-state index in [0.29, 0.717) is 6.04 Å². The van der Waals surface area contributed by atoms with Crippen LogP contribution in [-0.2, 0) is 0 Å². The first-order valence-electron chi connectivity index (χ1n) is 16.2. The molecule has 6 heteroatoms. The molecule has 4 fully saturated rings. The molecule has 4 aliphatic heterocycles. The molecular weight excluding hydrogens is 470 g/mol. The van der Waals surface area contributed by atoms with E-state index < -0.39 is 0 Å². The molecule has 1 unspecified atom stereocenters. The van der Waals surface area contributed by atoms with E-state index in [1.54, 1.807) is 0 Å². The average Bonchev–Trinajstić information content (AvgIpc) is 3.33. The number of β-amino-alcohol motifs (C(OH)–C–C–N with tert-alkyl or cyclic N) is 1.